The van der Waals surface area contributed by atoms with Gasteiger partial charge < -0.3 is 15.0 Å². The van der Waals surface area contributed by atoms with E-state index in [1.165, 1.54) is 13.5 Å². The smallest absolute Gasteiger partial charge is 0.255 e. The molecular weight excluding hydrogens is 264 g/mol. The Hall–Kier alpha value is -1.26. The minimum atomic E-state index is -0.117. The van der Waals surface area contributed by atoms with Crippen LogP contribution in [0.25, 0.3) is 0 Å². The number of hydrogen-bond acceptors (Lipinski definition) is 3. The lowest BCUT2D eigenvalue weighted by atomic mass is 10.1. The Bertz CT molecular complexity index is 465. The molecule has 0 spiro atoms. The number of rotatable bonds is 4. The summed E-state index contributed by atoms with van der Waals surface area (Å²) in [6.07, 6.45) is 2.33. The van der Waals surface area contributed by atoms with Crippen molar-refractivity contribution in [2.45, 2.75) is 18.9 Å². The molecule has 5 heteroatoms. The van der Waals surface area contributed by atoms with Crippen LogP contribution in [0.3, 0.4) is 0 Å². The quantitative estimate of drug-likeness (QED) is 0.920. The molecule has 1 fully saturated rings. The van der Waals surface area contributed by atoms with Gasteiger partial charge in [-0.2, -0.15) is 0 Å². The van der Waals surface area contributed by atoms with E-state index < -0.39 is 0 Å². The average molecular weight is 283 g/mol. The zero-order chi connectivity index (χ0) is 13.8. The number of hydrogen-bond donors (Lipinski definition) is 1. The van der Waals surface area contributed by atoms with E-state index in [1.54, 1.807) is 18.2 Å². The monoisotopic (exact) mass is 282 g/mol. The summed E-state index contributed by atoms with van der Waals surface area (Å²) in [4.78, 5) is 14.4. The summed E-state index contributed by atoms with van der Waals surface area (Å²) in [5.74, 6) is 0.388. The maximum Gasteiger partial charge on any atom is 0.255 e. The number of benzene rings is 1. The largest absolute Gasteiger partial charge is 0.496 e. The predicted octanol–water partition coefficient (Wildman–Crippen LogP) is 2.17. The SMILES string of the molecule is COc1cc(Cl)ccc1C(=O)NC[C@@H]1CCCN1C. The van der Waals surface area contributed by atoms with Crippen LogP contribution < -0.4 is 10.1 Å². The molecule has 0 saturated carbocycles. The van der Waals surface area contributed by atoms with Crippen molar-refractivity contribution in [1.82, 2.24) is 10.2 Å². The van der Waals surface area contributed by atoms with Crippen molar-refractivity contribution < 1.29 is 9.53 Å². The molecule has 0 aromatic heterocycles. The Morgan fingerprint density at radius 2 is 2.37 bits per heavy atom. The highest BCUT2D eigenvalue weighted by atomic mass is 35.5. The molecule has 1 aromatic rings. The highest BCUT2D eigenvalue weighted by molar-refractivity contribution is 6.30. The van der Waals surface area contributed by atoms with Crippen LogP contribution in [0.4, 0.5) is 0 Å². The number of likely N-dealkylation sites (tertiary alicyclic amines) is 1. The standard InChI is InChI=1S/C14H19ClN2O2/c1-17-7-3-4-11(17)9-16-14(18)12-6-5-10(15)8-13(12)19-2/h5-6,8,11H,3-4,7,9H2,1-2H3,(H,16,18)/t11-/m0/s1. The molecule has 1 saturated heterocycles. The summed E-state index contributed by atoms with van der Waals surface area (Å²) in [5, 5.41) is 3.52. The summed E-state index contributed by atoms with van der Waals surface area (Å²) in [6, 6.07) is 5.47. The summed E-state index contributed by atoms with van der Waals surface area (Å²) in [5.41, 5.74) is 0.521. The Labute approximate surface area is 118 Å². The fourth-order valence-corrected chi connectivity index (χ4v) is 2.56. The Balaban J connectivity index is 1.99. The first-order chi connectivity index (χ1) is 9.11. The lowest BCUT2D eigenvalue weighted by Crippen LogP contribution is -2.38. The highest BCUT2D eigenvalue weighted by Crippen LogP contribution is 2.23. The van der Waals surface area contributed by atoms with Crippen molar-refractivity contribution in [1.29, 1.82) is 0 Å². The van der Waals surface area contributed by atoms with Crippen molar-refractivity contribution in [3.05, 3.63) is 28.8 Å². The van der Waals surface area contributed by atoms with Gasteiger partial charge in [-0.15, -0.1) is 0 Å². The lowest BCUT2D eigenvalue weighted by Gasteiger charge is -2.20. The van der Waals surface area contributed by atoms with Gasteiger partial charge in [0.05, 0.1) is 12.7 Å². The lowest BCUT2D eigenvalue weighted by molar-refractivity contribution is 0.0940. The summed E-state index contributed by atoms with van der Waals surface area (Å²) in [7, 11) is 3.62. The fraction of sp³-hybridized carbons (Fsp3) is 0.500. The molecule has 1 atom stereocenters. The van der Waals surface area contributed by atoms with E-state index >= 15 is 0 Å². The molecule has 1 aliphatic rings. The van der Waals surface area contributed by atoms with Crippen LogP contribution in [-0.2, 0) is 0 Å². The molecule has 0 unspecified atom stereocenters. The maximum absolute atomic E-state index is 12.1. The van der Waals surface area contributed by atoms with E-state index in [4.69, 9.17) is 16.3 Å². The van der Waals surface area contributed by atoms with E-state index in [0.717, 1.165) is 13.0 Å². The average Bonchev–Trinajstić information content (AvgIpc) is 2.81. The Morgan fingerprint density at radius 1 is 1.58 bits per heavy atom. The van der Waals surface area contributed by atoms with Crippen molar-refractivity contribution in [2.24, 2.45) is 0 Å². The first kappa shape index (κ1) is 14.2. The number of nitrogens with zero attached hydrogens (tertiary/aromatic N) is 1. The molecule has 1 aliphatic heterocycles. The number of likely N-dealkylation sites (N-methyl/N-ethyl adjacent to an activating group) is 1. The molecule has 1 N–H and O–H groups in total. The third-order valence-electron chi connectivity index (χ3n) is 3.58. The Kier molecular flexibility index (Phi) is 4.66. The Morgan fingerprint density at radius 3 is 3.00 bits per heavy atom. The molecule has 0 aliphatic carbocycles. The first-order valence-corrected chi connectivity index (χ1v) is 6.81. The first-order valence-electron chi connectivity index (χ1n) is 6.44. The number of ether oxygens (including phenoxy) is 1. The van der Waals surface area contributed by atoms with Crippen molar-refractivity contribution in [3.8, 4) is 5.75 Å². The summed E-state index contributed by atoms with van der Waals surface area (Å²) in [6.45, 7) is 1.77. The van der Waals surface area contributed by atoms with Crippen LogP contribution in [0.1, 0.15) is 23.2 Å². The zero-order valence-electron chi connectivity index (χ0n) is 11.3. The molecule has 1 aromatic carbocycles. The van der Waals surface area contributed by atoms with E-state index in [2.05, 4.69) is 17.3 Å². The number of amides is 1. The van der Waals surface area contributed by atoms with Gasteiger partial charge in [0.1, 0.15) is 5.75 Å². The molecular formula is C14H19ClN2O2. The summed E-state index contributed by atoms with van der Waals surface area (Å²) < 4.78 is 5.18. The van der Waals surface area contributed by atoms with Gasteiger partial charge in [0, 0.05) is 17.6 Å². The van der Waals surface area contributed by atoms with Gasteiger partial charge in [0.25, 0.3) is 5.91 Å². The van der Waals surface area contributed by atoms with Gasteiger partial charge in [0.2, 0.25) is 0 Å². The van der Waals surface area contributed by atoms with Crippen molar-refractivity contribution in [2.75, 3.05) is 27.2 Å². The molecule has 0 radical (unpaired) electrons. The molecule has 2 rings (SSSR count). The van der Waals surface area contributed by atoms with Crippen molar-refractivity contribution in [3.63, 3.8) is 0 Å². The van der Waals surface area contributed by atoms with E-state index in [-0.39, 0.29) is 5.91 Å². The van der Waals surface area contributed by atoms with Gasteiger partial charge in [-0.05, 0) is 44.6 Å². The number of methoxy groups -OCH3 is 1. The van der Waals surface area contributed by atoms with E-state index in [9.17, 15) is 4.79 Å². The van der Waals surface area contributed by atoms with E-state index in [1.807, 2.05) is 0 Å². The number of carbonyl (C=O) groups excluding carboxylic acids is 1. The van der Waals surface area contributed by atoms with E-state index in [0.29, 0.717) is 28.9 Å². The third-order valence-corrected chi connectivity index (χ3v) is 3.81. The minimum Gasteiger partial charge on any atom is -0.496 e. The summed E-state index contributed by atoms with van der Waals surface area (Å²) >= 11 is 5.88. The second-order valence-electron chi connectivity index (χ2n) is 4.83. The second kappa shape index (κ2) is 6.26. The minimum absolute atomic E-state index is 0.117. The third kappa shape index (κ3) is 3.39. The van der Waals surface area contributed by atoms with Crippen LogP contribution in [0.2, 0.25) is 5.02 Å². The molecule has 0 bridgehead atoms. The molecule has 1 amide bonds. The highest BCUT2D eigenvalue weighted by Gasteiger charge is 2.22. The van der Waals surface area contributed by atoms with Crippen LogP contribution in [0.5, 0.6) is 5.75 Å². The molecule has 1 heterocycles. The number of halogens is 1. The van der Waals surface area contributed by atoms with Crippen LogP contribution in [-0.4, -0.2) is 44.1 Å². The van der Waals surface area contributed by atoms with Crippen LogP contribution in [0, 0.1) is 0 Å². The van der Waals surface area contributed by atoms with Gasteiger partial charge in [0.15, 0.2) is 0 Å². The van der Waals surface area contributed by atoms with Gasteiger partial charge in [-0.1, -0.05) is 11.6 Å². The van der Waals surface area contributed by atoms with Crippen LogP contribution in [0.15, 0.2) is 18.2 Å². The number of carbonyl (C=O) groups is 1. The maximum atomic E-state index is 12.1. The fourth-order valence-electron chi connectivity index (χ4n) is 2.40. The number of nitrogens with one attached hydrogen (secondary N) is 1. The molecule has 4 nitrogen and oxygen atoms in total. The predicted molar refractivity (Wildman–Crippen MR) is 76.0 cm³/mol. The zero-order valence-corrected chi connectivity index (χ0v) is 12.0. The van der Waals surface area contributed by atoms with Gasteiger partial charge in [-0.3, -0.25) is 4.79 Å². The topological polar surface area (TPSA) is 41.6 Å². The molecule has 104 valence electrons. The second-order valence-corrected chi connectivity index (χ2v) is 5.27. The van der Waals surface area contributed by atoms with Crippen LogP contribution >= 0.6 is 11.6 Å². The molecule has 19 heavy (non-hydrogen) atoms. The van der Waals surface area contributed by atoms with Crippen molar-refractivity contribution >= 4 is 17.5 Å². The normalized spacial score (nSPS) is 19.4. The van der Waals surface area contributed by atoms with Gasteiger partial charge >= 0.3 is 0 Å². The van der Waals surface area contributed by atoms with Gasteiger partial charge in [-0.25, -0.2) is 0 Å².